The minimum atomic E-state index is -0.0889. The number of hydrogen-bond acceptors (Lipinski definition) is 3. The van der Waals surface area contributed by atoms with E-state index < -0.39 is 0 Å². The number of rotatable bonds is 4. The van der Waals surface area contributed by atoms with Gasteiger partial charge >= 0.3 is 5.97 Å². The monoisotopic (exact) mass is 388 g/mol. The van der Waals surface area contributed by atoms with E-state index in [1.54, 1.807) is 0 Å². The third kappa shape index (κ3) is 3.06. The van der Waals surface area contributed by atoms with E-state index in [1.165, 1.54) is 58.5 Å². The van der Waals surface area contributed by atoms with Crippen LogP contribution in [-0.4, -0.2) is 18.9 Å². The maximum absolute atomic E-state index is 13.4. The van der Waals surface area contributed by atoms with Gasteiger partial charge < -0.3 is 4.74 Å². The molecule has 0 aromatic heterocycles. The molecule has 0 aromatic carbocycles. The van der Waals surface area contributed by atoms with Crippen LogP contribution in [0.5, 0.6) is 0 Å². The molecule has 0 bridgehead atoms. The summed E-state index contributed by atoms with van der Waals surface area (Å²) in [6.45, 7) is 7.35. The average molecular weight is 389 g/mol. The average Bonchev–Trinajstić information content (AvgIpc) is 3.03. The molecule has 0 heterocycles. The van der Waals surface area contributed by atoms with E-state index in [1.807, 2.05) is 0 Å². The SMILES string of the molecule is COC(=O)CC[C@@H](C)[C@H]1CCC2C3C(=O)C[C@@H]4CCCC[C@]4(C)C3CC[C@@]21C. The third-order valence-corrected chi connectivity index (χ3v) is 10.2. The topological polar surface area (TPSA) is 43.4 Å². The summed E-state index contributed by atoms with van der Waals surface area (Å²) in [6, 6.07) is 0. The number of ether oxygens (including phenoxy) is 1. The summed E-state index contributed by atoms with van der Waals surface area (Å²) in [7, 11) is 1.48. The van der Waals surface area contributed by atoms with Gasteiger partial charge in [0.25, 0.3) is 0 Å². The summed E-state index contributed by atoms with van der Waals surface area (Å²) in [4.78, 5) is 25.0. The number of Topliss-reactive ketones (excluding diaryl/α,β-unsaturated/α-hetero) is 1. The Morgan fingerprint density at radius 1 is 1.07 bits per heavy atom. The Bertz CT molecular complexity index is 627. The lowest BCUT2D eigenvalue weighted by atomic mass is 9.44. The van der Waals surface area contributed by atoms with Crippen molar-refractivity contribution in [3.8, 4) is 0 Å². The van der Waals surface area contributed by atoms with E-state index in [0.717, 1.165) is 12.8 Å². The zero-order chi connectivity index (χ0) is 20.1. The molecule has 0 amide bonds. The molecule has 0 spiro atoms. The predicted octanol–water partition coefficient (Wildman–Crippen LogP) is 5.80. The molecule has 4 saturated carbocycles. The summed E-state index contributed by atoms with van der Waals surface area (Å²) in [5, 5.41) is 0. The van der Waals surface area contributed by atoms with Crippen molar-refractivity contribution in [3.05, 3.63) is 0 Å². The molecule has 0 saturated heterocycles. The van der Waals surface area contributed by atoms with Gasteiger partial charge in [-0.05, 0) is 85.4 Å². The lowest BCUT2D eigenvalue weighted by Gasteiger charge is -2.60. The van der Waals surface area contributed by atoms with Gasteiger partial charge in [-0.1, -0.05) is 33.6 Å². The van der Waals surface area contributed by atoms with E-state index in [0.29, 0.717) is 53.1 Å². The molecule has 4 fully saturated rings. The predicted molar refractivity (Wildman–Crippen MR) is 111 cm³/mol. The quantitative estimate of drug-likeness (QED) is 0.571. The smallest absolute Gasteiger partial charge is 0.305 e. The summed E-state index contributed by atoms with van der Waals surface area (Å²) in [6.07, 6.45) is 12.6. The second-order valence-corrected chi connectivity index (χ2v) is 11.2. The molecule has 8 atom stereocenters. The van der Waals surface area contributed by atoms with Crippen molar-refractivity contribution in [2.45, 2.75) is 91.4 Å². The van der Waals surface area contributed by atoms with Crippen molar-refractivity contribution >= 4 is 11.8 Å². The van der Waals surface area contributed by atoms with Crippen LogP contribution in [0.3, 0.4) is 0 Å². The molecule has 3 heteroatoms. The summed E-state index contributed by atoms with van der Waals surface area (Å²) in [5.74, 6) is 3.86. The van der Waals surface area contributed by atoms with Crippen molar-refractivity contribution < 1.29 is 14.3 Å². The van der Waals surface area contributed by atoms with Crippen LogP contribution in [-0.2, 0) is 14.3 Å². The van der Waals surface area contributed by atoms with Crippen LogP contribution < -0.4 is 0 Å². The van der Waals surface area contributed by atoms with Gasteiger partial charge in [0.2, 0.25) is 0 Å². The molecule has 158 valence electrons. The number of methoxy groups -OCH3 is 1. The van der Waals surface area contributed by atoms with Gasteiger partial charge in [0, 0.05) is 18.8 Å². The van der Waals surface area contributed by atoms with Crippen LogP contribution in [0.2, 0.25) is 0 Å². The molecule has 3 unspecified atom stereocenters. The number of carbonyl (C=O) groups excluding carboxylic acids is 2. The Labute approximate surface area is 171 Å². The van der Waals surface area contributed by atoms with E-state index in [9.17, 15) is 9.59 Å². The minimum Gasteiger partial charge on any atom is -0.469 e. The molecule has 4 aliphatic carbocycles. The van der Waals surface area contributed by atoms with Crippen molar-refractivity contribution in [2.75, 3.05) is 7.11 Å². The Balaban J connectivity index is 1.54. The standard InChI is InChI=1S/C25H40O3/c1-16(8-11-22(27)28-4)18-9-10-19-23-20(12-14-25(18,19)3)24(2)13-6-5-7-17(24)15-21(23)26/h16-20,23H,5-15H2,1-4H3/t16-,17+,18-,19?,20?,23?,24+,25-/m1/s1. The van der Waals surface area contributed by atoms with E-state index in [-0.39, 0.29) is 11.4 Å². The minimum absolute atomic E-state index is 0.0889. The van der Waals surface area contributed by atoms with Gasteiger partial charge in [-0.2, -0.15) is 0 Å². The van der Waals surface area contributed by atoms with E-state index >= 15 is 0 Å². The second-order valence-electron chi connectivity index (χ2n) is 11.2. The first kappa shape index (κ1) is 20.4. The lowest BCUT2D eigenvalue weighted by Crippen LogP contribution is -2.56. The highest BCUT2D eigenvalue weighted by Crippen LogP contribution is 2.67. The lowest BCUT2D eigenvalue weighted by molar-refractivity contribution is -0.156. The van der Waals surface area contributed by atoms with Crippen LogP contribution in [0.1, 0.15) is 91.4 Å². The zero-order valence-corrected chi connectivity index (χ0v) is 18.5. The molecular weight excluding hydrogens is 348 g/mol. The van der Waals surface area contributed by atoms with Gasteiger partial charge in [0.1, 0.15) is 5.78 Å². The van der Waals surface area contributed by atoms with Gasteiger partial charge in [-0.25, -0.2) is 0 Å². The number of fused-ring (bicyclic) bond motifs is 5. The van der Waals surface area contributed by atoms with E-state index in [4.69, 9.17) is 4.74 Å². The van der Waals surface area contributed by atoms with Gasteiger partial charge in [-0.3, -0.25) is 9.59 Å². The molecule has 4 aliphatic rings. The highest BCUT2D eigenvalue weighted by atomic mass is 16.5. The first-order valence-corrected chi connectivity index (χ1v) is 11.9. The summed E-state index contributed by atoms with van der Waals surface area (Å²) < 4.78 is 4.86. The first-order chi connectivity index (χ1) is 13.3. The molecule has 0 aromatic rings. The highest BCUT2D eigenvalue weighted by Gasteiger charge is 2.62. The molecule has 3 nitrogen and oxygen atoms in total. The fraction of sp³-hybridized carbons (Fsp3) is 0.920. The number of esters is 1. The van der Waals surface area contributed by atoms with Crippen molar-refractivity contribution in [2.24, 2.45) is 46.3 Å². The third-order valence-electron chi connectivity index (χ3n) is 10.2. The van der Waals surface area contributed by atoms with Crippen molar-refractivity contribution in [3.63, 3.8) is 0 Å². The highest BCUT2D eigenvalue weighted by molar-refractivity contribution is 5.83. The maximum atomic E-state index is 13.4. The van der Waals surface area contributed by atoms with Gasteiger partial charge in [0.05, 0.1) is 7.11 Å². The number of ketones is 1. The molecular formula is C25H40O3. The normalized spacial score (nSPS) is 46.3. The maximum Gasteiger partial charge on any atom is 0.305 e. The van der Waals surface area contributed by atoms with E-state index in [2.05, 4.69) is 20.8 Å². The van der Waals surface area contributed by atoms with Crippen LogP contribution in [0.15, 0.2) is 0 Å². The van der Waals surface area contributed by atoms with Crippen LogP contribution in [0.25, 0.3) is 0 Å². The van der Waals surface area contributed by atoms with Crippen molar-refractivity contribution in [1.29, 1.82) is 0 Å². The Morgan fingerprint density at radius 2 is 1.82 bits per heavy atom. The molecule has 0 N–H and O–H groups in total. The number of carbonyl (C=O) groups is 2. The largest absolute Gasteiger partial charge is 0.469 e. The second kappa shape index (κ2) is 7.43. The molecule has 4 rings (SSSR count). The Morgan fingerprint density at radius 3 is 2.57 bits per heavy atom. The summed E-state index contributed by atoms with van der Waals surface area (Å²) >= 11 is 0. The Kier molecular flexibility index (Phi) is 5.42. The van der Waals surface area contributed by atoms with Gasteiger partial charge in [0.15, 0.2) is 0 Å². The number of hydrogen-bond donors (Lipinski definition) is 0. The fourth-order valence-corrected chi connectivity index (χ4v) is 8.59. The van der Waals surface area contributed by atoms with Crippen molar-refractivity contribution in [1.82, 2.24) is 0 Å². The van der Waals surface area contributed by atoms with Gasteiger partial charge in [-0.15, -0.1) is 0 Å². The fourth-order valence-electron chi connectivity index (χ4n) is 8.59. The van der Waals surface area contributed by atoms with Crippen LogP contribution >= 0.6 is 0 Å². The molecule has 28 heavy (non-hydrogen) atoms. The summed E-state index contributed by atoms with van der Waals surface area (Å²) in [5.41, 5.74) is 0.691. The first-order valence-electron chi connectivity index (χ1n) is 11.9. The zero-order valence-electron chi connectivity index (χ0n) is 18.5. The molecule has 0 radical (unpaired) electrons. The molecule has 0 aliphatic heterocycles. The van der Waals surface area contributed by atoms with Crippen LogP contribution in [0, 0.1) is 46.3 Å². The Hall–Kier alpha value is -0.860. The van der Waals surface area contributed by atoms with Crippen LogP contribution in [0.4, 0.5) is 0 Å².